The zero-order chi connectivity index (χ0) is 23.1. The van der Waals surface area contributed by atoms with Crippen LogP contribution in [0, 0.1) is 0 Å². The summed E-state index contributed by atoms with van der Waals surface area (Å²) in [5.74, 6) is -2.09. The molecule has 0 atom stereocenters. The van der Waals surface area contributed by atoms with Crippen molar-refractivity contribution in [3.63, 3.8) is 0 Å². The Morgan fingerprint density at radius 3 is 2.28 bits per heavy atom. The van der Waals surface area contributed by atoms with E-state index in [1.165, 1.54) is 12.3 Å². The van der Waals surface area contributed by atoms with Crippen molar-refractivity contribution in [1.29, 1.82) is 0 Å². The summed E-state index contributed by atoms with van der Waals surface area (Å²) in [6.07, 6.45) is 1.33. The average Bonchev–Trinajstić information content (AvgIpc) is 2.78. The Labute approximate surface area is 201 Å². The van der Waals surface area contributed by atoms with Crippen LogP contribution in [-0.2, 0) is 9.59 Å². The number of carbonyl (C=O) groups is 3. The molecule has 2 N–H and O–H groups in total. The monoisotopic (exact) mass is 533 g/mol. The molecule has 162 valence electrons. The zero-order valence-corrected chi connectivity index (χ0v) is 19.2. The van der Waals surface area contributed by atoms with Gasteiger partial charge in [-0.1, -0.05) is 45.2 Å². The van der Waals surface area contributed by atoms with Gasteiger partial charge in [0.05, 0.1) is 27.5 Å². The summed E-state index contributed by atoms with van der Waals surface area (Å²) in [6.45, 7) is 0. The Bertz CT molecular complexity index is 1180. The van der Waals surface area contributed by atoms with Crippen LogP contribution in [0.5, 0.6) is 5.75 Å². The molecule has 3 rings (SSSR count). The number of anilines is 1. The highest BCUT2D eigenvalue weighted by Crippen LogP contribution is 2.29. The van der Waals surface area contributed by atoms with Gasteiger partial charge in [-0.25, -0.2) is 10.2 Å². The van der Waals surface area contributed by atoms with Crippen molar-refractivity contribution in [3.05, 3.63) is 92.4 Å². The molecule has 0 aromatic heterocycles. The highest BCUT2D eigenvalue weighted by molar-refractivity contribution is 9.10. The van der Waals surface area contributed by atoms with E-state index in [-0.39, 0.29) is 15.7 Å². The van der Waals surface area contributed by atoms with Crippen molar-refractivity contribution in [2.45, 2.75) is 0 Å². The molecular weight excluding hydrogens is 521 g/mol. The van der Waals surface area contributed by atoms with Gasteiger partial charge in [-0.3, -0.25) is 9.59 Å². The fourth-order valence-electron chi connectivity index (χ4n) is 2.37. The summed E-state index contributed by atoms with van der Waals surface area (Å²) >= 11 is 15.1. The first-order chi connectivity index (χ1) is 15.3. The van der Waals surface area contributed by atoms with Gasteiger partial charge in [0.25, 0.3) is 0 Å². The molecule has 0 spiro atoms. The lowest BCUT2D eigenvalue weighted by Crippen LogP contribution is -2.32. The molecule has 32 heavy (non-hydrogen) atoms. The molecule has 0 aliphatic rings. The van der Waals surface area contributed by atoms with Crippen molar-refractivity contribution >= 4 is 68.8 Å². The molecule has 2 amide bonds. The fourth-order valence-corrected chi connectivity index (χ4v) is 2.98. The van der Waals surface area contributed by atoms with Gasteiger partial charge in [-0.2, -0.15) is 5.10 Å². The average molecular weight is 535 g/mol. The summed E-state index contributed by atoms with van der Waals surface area (Å²) in [5, 5.41) is 6.45. The Hall–Kier alpha value is -3.20. The number of benzene rings is 3. The van der Waals surface area contributed by atoms with E-state index in [0.29, 0.717) is 16.9 Å². The number of ether oxygens (including phenoxy) is 1. The molecule has 0 saturated carbocycles. The van der Waals surface area contributed by atoms with Crippen molar-refractivity contribution in [1.82, 2.24) is 5.43 Å². The van der Waals surface area contributed by atoms with Gasteiger partial charge in [-0.15, -0.1) is 0 Å². The molecule has 0 radical (unpaired) electrons. The number of carbonyl (C=O) groups excluding carboxylic acids is 3. The molecule has 7 nitrogen and oxygen atoms in total. The van der Waals surface area contributed by atoms with E-state index in [1.807, 2.05) is 0 Å². The van der Waals surface area contributed by atoms with E-state index >= 15 is 0 Å². The Morgan fingerprint density at radius 1 is 0.906 bits per heavy atom. The summed E-state index contributed by atoms with van der Waals surface area (Å²) in [6, 6.07) is 17.8. The summed E-state index contributed by atoms with van der Waals surface area (Å²) in [5.41, 5.74) is 3.34. The number of hydrogen-bond acceptors (Lipinski definition) is 5. The first-order valence-electron chi connectivity index (χ1n) is 8.99. The SMILES string of the molecule is O=C(NN=Cc1ccc(OC(=O)c2ccc(Br)cc2)cc1)C(=O)Nc1cccc(Cl)c1Cl. The number of nitrogens with zero attached hydrogens (tertiary/aromatic N) is 1. The lowest BCUT2D eigenvalue weighted by molar-refractivity contribution is -0.136. The van der Waals surface area contributed by atoms with Gasteiger partial charge >= 0.3 is 17.8 Å². The van der Waals surface area contributed by atoms with Gasteiger partial charge in [0, 0.05) is 4.47 Å². The van der Waals surface area contributed by atoms with Crippen LogP contribution in [-0.4, -0.2) is 24.0 Å². The minimum absolute atomic E-state index is 0.125. The molecule has 10 heteroatoms. The number of rotatable bonds is 5. The van der Waals surface area contributed by atoms with Gasteiger partial charge in [-0.05, 0) is 66.2 Å². The third kappa shape index (κ3) is 6.40. The zero-order valence-electron chi connectivity index (χ0n) is 16.1. The highest BCUT2D eigenvalue weighted by Gasteiger charge is 2.15. The number of hydrogen-bond donors (Lipinski definition) is 2. The second-order valence-corrected chi connectivity index (χ2v) is 7.92. The number of hydrazone groups is 1. The van der Waals surface area contributed by atoms with Crippen molar-refractivity contribution in [2.24, 2.45) is 5.10 Å². The lowest BCUT2D eigenvalue weighted by Gasteiger charge is -2.07. The first-order valence-corrected chi connectivity index (χ1v) is 10.5. The topological polar surface area (TPSA) is 96.9 Å². The van der Waals surface area contributed by atoms with Crippen LogP contribution in [0.25, 0.3) is 0 Å². The normalized spacial score (nSPS) is 10.6. The van der Waals surface area contributed by atoms with E-state index in [9.17, 15) is 14.4 Å². The van der Waals surface area contributed by atoms with Gasteiger partial charge < -0.3 is 10.1 Å². The molecule has 0 aliphatic heterocycles. The predicted molar refractivity (Wildman–Crippen MR) is 126 cm³/mol. The Morgan fingerprint density at radius 2 is 1.59 bits per heavy atom. The molecule has 3 aromatic rings. The molecule has 0 unspecified atom stereocenters. The van der Waals surface area contributed by atoms with E-state index in [0.717, 1.165) is 4.47 Å². The standard InChI is InChI=1S/C22H14BrCl2N3O4/c23-15-8-6-14(7-9-15)22(31)32-16-10-4-13(5-11-16)12-26-28-21(30)20(29)27-18-3-1-2-17(24)19(18)25/h1-12H,(H,27,29)(H,28,30). The van der Waals surface area contributed by atoms with Gasteiger partial charge in [0.1, 0.15) is 5.75 Å². The molecule has 0 aliphatic carbocycles. The fraction of sp³-hybridized carbons (Fsp3) is 0. The summed E-state index contributed by atoms with van der Waals surface area (Å²) < 4.78 is 6.16. The minimum atomic E-state index is -0.989. The van der Waals surface area contributed by atoms with Crippen LogP contribution in [0.2, 0.25) is 10.0 Å². The van der Waals surface area contributed by atoms with Crippen LogP contribution in [0.1, 0.15) is 15.9 Å². The Balaban J connectivity index is 1.52. The maximum Gasteiger partial charge on any atom is 0.343 e. The van der Waals surface area contributed by atoms with E-state index in [2.05, 4.69) is 31.8 Å². The molecule has 0 bridgehead atoms. The van der Waals surface area contributed by atoms with E-state index in [4.69, 9.17) is 27.9 Å². The maximum atomic E-state index is 12.1. The van der Waals surface area contributed by atoms with E-state index < -0.39 is 17.8 Å². The van der Waals surface area contributed by atoms with Crippen LogP contribution in [0.4, 0.5) is 5.69 Å². The lowest BCUT2D eigenvalue weighted by atomic mass is 10.2. The van der Waals surface area contributed by atoms with Crippen LogP contribution < -0.4 is 15.5 Å². The quantitative estimate of drug-likeness (QED) is 0.157. The molecule has 0 saturated heterocycles. The van der Waals surface area contributed by atoms with Crippen molar-refractivity contribution in [2.75, 3.05) is 5.32 Å². The van der Waals surface area contributed by atoms with Crippen LogP contribution >= 0.6 is 39.1 Å². The second-order valence-electron chi connectivity index (χ2n) is 6.22. The number of nitrogens with one attached hydrogen (secondary N) is 2. The number of esters is 1. The smallest absolute Gasteiger partial charge is 0.343 e. The van der Waals surface area contributed by atoms with Crippen LogP contribution in [0.3, 0.4) is 0 Å². The maximum absolute atomic E-state index is 12.1. The minimum Gasteiger partial charge on any atom is -0.423 e. The van der Waals surface area contributed by atoms with Gasteiger partial charge in [0.15, 0.2) is 0 Å². The number of amides is 2. The third-order valence-corrected chi connectivity index (χ3v) is 5.30. The largest absolute Gasteiger partial charge is 0.423 e. The van der Waals surface area contributed by atoms with Gasteiger partial charge in [0.2, 0.25) is 0 Å². The van der Waals surface area contributed by atoms with Crippen molar-refractivity contribution < 1.29 is 19.1 Å². The van der Waals surface area contributed by atoms with E-state index in [1.54, 1.807) is 60.7 Å². The van der Waals surface area contributed by atoms with Crippen molar-refractivity contribution in [3.8, 4) is 5.75 Å². The third-order valence-electron chi connectivity index (χ3n) is 3.96. The molecule has 0 fully saturated rings. The predicted octanol–water partition coefficient (Wildman–Crippen LogP) is 5.06. The first kappa shape index (κ1) is 23.5. The number of halogens is 3. The Kier molecular flexibility index (Phi) is 7.99. The van der Waals surface area contributed by atoms with Crippen LogP contribution in [0.15, 0.2) is 76.3 Å². The summed E-state index contributed by atoms with van der Waals surface area (Å²) in [7, 11) is 0. The summed E-state index contributed by atoms with van der Waals surface area (Å²) in [4.78, 5) is 36.0. The molecular formula is C22H14BrCl2N3O4. The molecule has 0 heterocycles. The molecule has 3 aromatic carbocycles. The second kappa shape index (κ2) is 10.9. The highest BCUT2D eigenvalue weighted by atomic mass is 79.9.